The number of hydrogen-bond acceptors (Lipinski definition) is 7. The van der Waals surface area contributed by atoms with E-state index < -0.39 is 5.56 Å². The maximum absolute atomic E-state index is 13.5. The number of aromatic nitrogens is 2. The third kappa shape index (κ3) is 6.53. The zero-order chi connectivity index (χ0) is 26.2. The number of nitrogens with one attached hydrogen (secondary N) is 2. The average Bonchev–Trinajstić information content (AvgIpc) is 2.91. The summed E-state index contributed by atoms with van der Waals surface area (Å²) in [6.45, 7) is 1.30. The predicted molar refractivity (Wildman–Crippen MR) is 144 cm³/mol. The van der Waals surface area contributed by atoms with Crippen molar-refractivity contribution in [3.63, 3.8) is 0 Å². The third-order valence-electron chi connectivity index (χ3n) is 5.49. The van der Waals surface area contributed by atoms with Crippen molar-refractivity contribution in [1.29, 1.82) is 0 Å². The van der Waals surface area contributed by atoms with E-state index in [4.69, 9.17) is 9.47 Å². The molecule has 0 fully saturated rings. The lowest BCUT2D eigenvalue weighted by molar-refractivity contribution is 0.0951. The summed E-state index contributed by atoms with van der Waals surface area (Å²) in [7, 11) is 5.48. The Morgan fingerprint density at radius 2 is 1.65 bits per heavy atom. The number of benzene rings is 3. The molecule has 0 aliphatic carbocycles. The molecule has 0 aliphatic heterocycles. The Labute approximate surface area is 215 Å². The summed E-state index contributed by atoms with van der Waals surface area (Å²) in [4.78, 5) is 28.0. The number of ether oxygens (including phenoxy) is 2. The Hall–Kier alpha value is -4.63. The molecule has 0 saturated carbocycles. The van der Waals surface area contributed by atoms with E-state index in [0.717, 1.165) is 6.54 Å². The molecule has 2 N–H and O–H groups in total. The lowest BCUT2D eigenvalue weighted by Gasteiger charge is -2.15. The molecular formula is C28H29N5O4. The molecule has 0 unspecified atom stereocenters. The predicted octanol–water partition coefficient (Wildman–Crippen LogP) is 4.07. The number of hydrogen-bond donors (Lipinski definition) is 2. The van der Waals surface area contributed by atoms with Crippen LogP contribution in [0.4, 0.5) is 11.4 Å². The second-order valence-electron chi connectivity index (χ2n) is 8.48. The second kappa shape index (κ2) is 11.9. The number of para-hydroxylation sites is 1. The molecule has 0 bridgehead atoms. The first-order valence-electron chi connectivity index (χ1n) is 11.7. The summed E-state index contributed by atoms with van der Waals surface area (Å²) in [6.07, 6.45) is 1.49. The average molecular weight is 500 g/mol. The molecule has 1 amide bonds. The van der Waals surface area contributed by atoms with Crippen LogP contribution in [0.3, 0.4) is 0 Å². The number of carbonyl (C=O) groups excluding carboxylic acids is 1. The van der Waals surface area contributed by atoms with Crippen LogP contribution in [0.1, 0.15) is 10.4 Å². The highest BCUT2D eigenvalue weighted by molar-refractivity contribution is 5.94. The van der Waals surface area contributed by atoms with Crippen LogP contribution < -0.4 is 25.7 Å². The summed E-state index contributed by atoms with van der Waals surface area (Å²) in [5.41, 5.74) is 1.52. The van der Waals surface area contributed by atoms with Gasteiger partial charge in [0.15, 0.2) is 11.4 Å². The number of carbonyl (C=O) groups is 1. The van der Waals surface area contributed by atoms with Crippen molar-refractivity contribution in [3.05, 3.63) is 101 Å². The van der Waals surface area contributed by atoms with Gasteiger partial charge in [-0.25, -0.2) is 0 Å². The van der Waals surface area contributed by atoms with Crippen molar-refractivity contribution in [2.45, 2.75) is 0 Å². The van der Waals surface area contributed by atoms with Gasteiger partial charge in [0, 0.05) is 24.3 Å². The van der Waals surface area contributed by atoms with Crippen LogP contribution in [0.15, 0.2) is 89.9 Å². The Balaban J connectivity index is 1.63. The summed E-state index contributed by atoms with van der Waals surface area (Å²) < 4.78 is 12.5. The topological polar surface area (TPSA) is 97.7 Å². The fraction of sp³-hybridized carbons (Fsp3) is 0.179. The van der Waals surface area contributed by atoms with Crippen LogP contribution in [0.5, 0.6) is 17.2 Å². The van der Waals surface area contributed by atoms with Crippen molar-refractivity contribution in [3.8, 4) is 22.9 Å². The first-order chi connectivity index (χ1) is 17.9. The van der Waals surface area contributed by atoms with Crippen molar-refractivity contribution >= 4 is 17.3 Å². The summed E-state index contributed by atoms with van der Waals surface area (Å²) in [6, 6.07) is 23.1. The van der Waals surface area contributed by atoms with Gasteiger partial charge < -0.3 is 25.0 Å². The lowest BCUT2D eigenvalue weighted by Crippen LogP contribution is -2.31. The van der Waals surface area contributed by atoms with Gasteiger partial charge in [0.25, 0.3) is 11.5 Å². The fourth-order valence-electron chi connectivity index (χ4n) is 3.50. The SMILES string of the molecule is COc1ccc(-n2ncc(Oc3ccccc3)c(Nc3ccc(C(=O)NCCN(C)C)cc3)c2=O)cc1. The van der Waals surface area contributed by atoms with Crippen LogP contribution in [-0.2, 0) is 0 Å². The number of amides is 1. The molecule has 4 aromatic rings. The quantitative estimate of drug-likeness (QED) is 0.339. The van der Waals surface area contributed by atoms with Gasteiger partial charge in [-0.2, -0.15) is 9.78 Å². The first-order valence-corrected chi connectivity index (χ1v) is 11.7. The van der Waals surface area contributed by atoms with Gasteiger partial charge in [-0.05, 0) is 74.8 Å². The van der Waals surface area contributed by atoms with Crippen LogP contribution >= 0.6 is 0 Å². The maximum Gasteiger partial charge on any atom is 0.299 e. The highest BCUT2D eigenvalue weighted by Crippen LogP contribution is 2.29. The van der Waals surface area contributed by atoms with Crippen LogP contribution in [0, 0.1) is 0 Å². The lowest BCUT2D eigenvalue weighted by atomic mass is 10.2. The molecular weight excluding hydrogens is 470 g/mol. The van der Waals surface area contributed by atoms with Gasteiger partial charge in [-0.1, -0.05) is 18.2 Å². The van der Waals surface area contributed by atoms with E-state index in [1.807, 2.05) is 37.2 Å². The molecule has 9 nitrogen and oxygen atoms in total. The van der Waals surface area contributed by atoms with E-state index in [9.17, 15) is 9.59 Å². The van der Waals surface area contributed by atoms with E-state index >= 15 is 0 Å². The van der Waals surface area contributed by atoms with Crippen LogP contribution in [-0.4, -0.2) is 54.9 Å². The Morgan fingerprint density at radius 3 is 2.30 bits per heavy atom. The van der Waals surface area contributed by atoms with Crippen molar-refractivity contribution in [2.75, 3.05) is 39.6 Å². The first kappa shape index (κ1) is 25.5. The van der Waals surface area contributed by atoms with Gasteiger partial charge in [-0.3, -0.25) is 9.59 Å². The van der Waals surface area contributed by atoms with Crippen molar-refractivity contribution in [1.82, 2.24) is 20.0 Å². The number of methoxy groups -OCH3 is 1. The minimum Gasteiger partial charge on any atom is -0.497 e. The van der Waals surface area contributed by atoms with Crippen molar-refractivity contribution in [2.24, 2.45) is 0 Å². The molecule has 0 spiro atoms. The molecule has 1 aromatic heterocycles. The Kier molecular flexibility index (Phi) is 8.17. The molecule has 4 rings (SSSR count). The molecule has 37 heavy (non-hydrogen) atoms. The largest absolute Gasteiger partial charge is 0.497 e. The number of rotatable bonds is 10. The highest BCUT2D eigenvalue weighted by Gasteiger charge is 2.16. The van der Waals surface area contributed by atoms with Gasteiger partial charge >= 0.3 is 0 Å². The Morgan fingerprint density at radius 1 is 0.946 bits per heavy atom. The minimum absolute atomic E-state index is 0.160. The fourth-order valence-corrected chi connectivity index (χ4v) is 3.50. The maximum atomic E-state index is 13.5. The third-order valence-corrected chi connectivity index (χ3v) is 5.49. The summed E-state index contributed by atoms with van der Waals surface area (Å²) in [5, 5.41) is 10.4. The Bertz CT molecular complexity index is 1390. The minimum atomic E-state index is -0.399. The smallest absolute Gasteiger partial charge is 0.299 e. The second-order valence-corrected chi connectivity index (χ2v) is 8.48. The molecule has 0 atom stereocenters. The summed E-state index contributed by atoms with van der Waals surface area (Å²) in [5.74, 6) is 1.35. The number of nitrogens with zero attached hydrogens (tertiary/aromatic N) is 3. The molecule has 1 heterocycles. The standard InChI is InChI=1S/C28H29N5O4/c1-32(2)18-17-29-27(34)20-9-11-21(12-10-20)31-26-25(37-24-7-5-4-6-8-24)19-30-33(28(26)35)22-13-15-23(36-3)16-14-22/h4-16,19,31H,17-18H2,1-3H3,(H,29,34). The van der Waals surface area contributed by atoms with Crippen LogP contribution in [0.25, 0.3) is 5.69 Å². The van der Waals surface area contributed by atoms with Gasteiger partial charge in [0.2, 0.25) is 0 Å². The molecule has 0 aliphatic rings. The number of anilines is 2. The normalized spacial score (nSPS) is 10.7. The van der Waals surface area contributed by atoms with E-state index in [1.165, 1.54) is 10.9 Å². The van der Waals surface area contributed by atoms with Gasteiger partial charge in [0.05, 0.1) is 19.0 Å². The molecule has 190 valence electrons. The zero-order valence-electron chi connectivity index (χ0n) is 21.0. The van der Waals surface area contributed by atoms with E-state index in [1.54, 1.807) is 67.8 Å². The molecule has 3 aromatic carbocycles. The number of likely N-dealkylation sites (N-methyl/N-ethyl adjacent to an activating group) is 1. The van der Waals surface area contributed by atoms with E-state index in [-0.39, 0.29) is 17.3 Å². The zero-order valence-corrected chi connectivity index (χ0v) is 21.0. The van der Waals surface area contributed by atoms with Crippen LogP contribution in [0.2, 0.25) is 0 Å². The molecule has 0 saturated heterocycles. The van der Waals surface area contributed by atoms with E-state index in [2.05, 4.69) is 15.7 Å². The van der Waals surface area contributed by atoms with E-state index in [0.29, 0.717) is 35.0 Å². The van der Waals surface area contributed by atoms with Gasteiger partial charge in [0.1, 0.15) is 11.5 Å². The van der Waals surface area contributed by atoms with Crippen molar-refractivity contribution < 1.29 is 14.3 Å². The monoisotopic (exact) mass is 499 g/mol. The van der Waals surface area contributed by atoms with Gasteiger partial charge in [-0.15, -0.1) is 0 Å². The highest BCUT2D eigenvalue weighted by atomic mass is 16.5. The summed E-state index contributed by atoms with van der Waals surface area (Å²) >= 11 is 0. The molecule has 9 heteroatoms. The molecule has 0 radical (unpaired) electrons.